The Labute approximate surface area is 158 Å². The molecule has 0 unspecified atom stereocenters. The second-order valence-corrected chi connectivity index (χ2v) is 7.33. The van der Waals surface area contributed by atoms with E-state index in [0.717, 1.165) is 44.2 Å². The Morgan fingerprint density at radius 2 is 2.15 bits per heavy atom. The summed E-state index contributed by atoms with van der Waals surface area (Å²) in [6.45, 7) is 2.88. The van der Waals surface area contributed by atoms with Gasteiger partial charge in [0.25, 0.3) is 5.91 Å². The number of nitrogens with zero attached hydrogens (tertiary/aromatic N) is 4. The maximum atomic E-state index is 14.0. The van der Waals surface area contributed by atoms with Gasteiger partial charge in [0.05, 0.1) is 5.56 Å². The molecule has 1 saturated heterocycles. The summed E-state index contributed by atoms with van der Waals surface area (Å²) in [6, 6.07) is 3.73. The lowest BCUT2D eigenvalue weighted by Crippen LogP contribution is -2.40. The second-order valence-electron chi connectivity index (χ2n) is 7.33. The lowest BCUT2D eigenvalue weighted by Gasteiger charge is -2.33. The van der Waals surface area contributed by atoms with Crippen molar-refractivity contribution >= 4 is 5.91 Å². The summed E-state index contributed by atoms with van der Waals surface area (Å²) < 4.78 is 29.6. The molecule has 0 aliphatic carbocycles. The van der Waals surface area contributed by atoms with Crippen LogP contribution in [-0.4, -0.2) is 59.0 Å². The van der Waals surface area contributed by atoms with Crippen LogP contribution in [0.4, 0.5) is 8.78 Å². The smallest absolute Gasteiger partial charge is 0.256 e. The molecule has 3 rings (SSSR count). The molecular formula is C20H26F2N4O. The molecule has 2 aromatic rings. The average molecular weight is 376 g/mol. The fraction of sp³-hybridized carbons (Fsp3) is 0.500. The molecule has 0 saturated carbocycles. The maximum Gasteiger partial charge on any atom is 0.256 e. The lowest BCUT2D eigenvalue weighted by atomic mass is 9.96. The van der Waals surface area contributed by atoms with Gasteiger partial charge in [0.2, 0.25) is 0 Å². The van der Waals surface area contributed by atoms with Crippen LogP contribution in [0.2, 0.25) is 0 Å². The Morgan fingerprint density at radius 1 is 1.33 bits per heavy atom. The summed E-state index contributed by atoms with van der Waals surface area (Å²) in [7, 11) is 4.09. The van der Waals surface area contributed by atoms with Gasteiger partial charge in [-0.3, -0.25) is 4.79 Å². The molecule has 1 aliphatic heterocycles. The number of hydrogen-bond donors (Lipinski definition) is 0. The van der Waals surface area contributed by atoms with E-state index < -0.39 is 17.5 Å². The number of piperidine rings is 1. The number of halogens is 2. The molecule has 2 heterocycles. The van der Waals surface area contributed by atoms with E-state index in [4.69, 9.17) is 0 Å². The third-order valence-electron chi connectivity index (χ3n) is 5.01. The summed E-state index contributed by atoms with van der Waals surface area (Å²) >= 11 is 0. The van der Waals surface area contributed by atoms with Crippen LogP contribution in [0.3, 0.4) is 0 Å². The van der Waals surface area contributed by atoms with Crippen molar-refractivity contribution in [2.45, 2.75) is 31.7 Å². The molecule has 0 N–H and O–H groups in total. The van der Waals surface area contributed by atoms with Crippen molar-refractivity contribution in [3.05, 3.63) is 53.6 Å². The van der Waals surface area contributed by atoms with Gasteiger partial charge in [0.15, 0.2) is 11.6 Å². The van der Waals surface area contributed by atoms with Gasteiger partial charge in [-0.15, -0.1) is 0 Å². The number of benzene rings is 1. The quantitative estimate of drug-likeness (QED) is 0.778. The van der Waals surface area contributed by atoms with Crippen LogP contribution in [0.15, 0.2) is 30.6 Å². The zero-order valence-corrected chi connectivity index (χ0v) is 15.9. The topological polar surface area (TPSA) is 41.4 Å². The van der Waals surface area contributed by atoms with Crippen LogP contribution in [0, 0.1) is 11.6 Å². The molecule has 0 radical (unpaired) electrons. The van der Waals surface area contributed by atoms with E-state index in [1.165, 1.54) is 12.1 Å². The Hall–Kier alpha value is -2.28. The molecule has 1 amide bonds. The monoisotopic (exact) mass is 376 g/mol. The minimum atomic E-state index is -1.07. The van der Waals surface area contributed by atoms with E-state index in [-0.39, 0.29) is 11.5 Å². The van der Waals surface area contributed by atoms with Crippen molar-refractivity contribution in [2.24, 2.45) is 0 Å². The first kappa shape index (κ1) is 19.5. The SMILES string of the molecule is CN(C)CCCn1ccnc1[C@@H]1CCCN(C(=O)c2cccc(F)c2F)C1. The molecular weight excluding hydrogens is 350 g/mol. The molecule has 1 aromatic carbocycles. The van der Waals surface area contributed by atoms with Crippen molar-refractivity contribution in [2.75, 3.05) is 33.7 Å². The number of rotatable bonds is 6. The zero-order chi connectivity index (χ0) is 19.4. The number of carbonyl (C=O) groups is 1. The number of carbonyl (C=O) groups excluding carboxylic acids is 1. The van der Waals surface area contributed by atoms with Gasteiger partial charge in [-0.2, -0.15) is 0 Å². The molecule has 1 atom stereocenters. The summed E-state index contributed by atoms with van der Waals surface area (Å²) in [5, 5.41) is 0. The van der Waals surface area contributed by atoms with Gasteiger partial charge in [0.1, 0.15) is 5.82 Å². The van der Waals surface area contributed by atoms with Crippen molar-refractivity contribution in [3.63, 3.8) is 0 Å². The van der Waals surface area contributed by atoms with E-state index in [0.29, 0.717) is 13.1 Å². The average Bonchev–Trinajstić information content (AvgIpc) is 3.12. The van der Waals surface area contributed by atoms with Crippen molar-refractivity contribution in [1.29, 1.82) is 0 Å². The Bertz CT molecular complexity index is 790. The summed E-state index contributed by atoms with van der Waals surface area (Å²) in [4.78, 5) is 21.0. The van der Waals surface area contributed by atoms with E-state index >= 15 is 0 Å². The number of likely N-dealkylation sites (tertiary alicyclic amines) is 1. The number of imidazole rings is 1. The minimum Gasteiger partial charge on any atom is -0.338 e. The lowest BCUT2D eigenvalue weighted by molar-refractivity contribution is 0.0697. The van der Waals surface area contributed by atoms with Crippen LogP contribution in [-0.2, 0) is 6.54 Å². The van der Waals surface area contributed by atoms with E-state index in [1.54, 1.807) is 11.1 Å². The van der Waals surface area contributed by atoms with Crippen LogP contribution in [0.5, 0.6) is 0 Å². The van der Waals surface area contributed by atoms with Crippen LogP contribution in [0.1, 0.15) is 41.4 Å². The van der Waals surface area contributed by atoms with Crippen molar-refractivity contribution in [1.82, 2.24) is 19.4 Å². The number of aryl methyl sites for hydroxylation is 1. The summed E-state index contributed by atoms with van der Waals surface area (Å²) in [5.74, 6) is -1.46. The molecule has 1 fully saturated rings. The van der Waals surface area contributed by atoms with Crippen LogP contribution in [0.25, 0.3) is 0 Å². The Balaban J connectivity index is 1.70. The summed E-state index contributed by atoms with van der Waals surface area (Å²) in [6.07, 6.45) is 6.52. The number of amides is 1. The molecule has 5 nitrogen and oxygen atoms in total. The first-order chi connectivity index (χ1) is 13.0. The van der Waals surface area contributed by atoms with Gasteiger partial charge in [-0.25, -0.2) is 13.8 Å². The van der Waals surface area contributed by atoms with Crippen molar-refractivity contribution in [3.8, 4) is 0 Å². The highest BCUT2D eigenvalue weighted by atomic mass is 19.2. The zero-order valence-electron chi connectivity index (χ0n) is 15.9. The third kappa shape index (κ3) is 4.53. The minimum absolute atomic E-state index is 0.105. The van der Waals surface area contributed by atoms with Crippen molar-refractivity contribution < 1.29 is 13.6 Å². The molecule has 1 aliphatic rings. The standard InChI is InChI=1S/C20H26F2N4O/c1-24(2)10-5-12-25-13-9-23-19(25)15-6-4-11-26(14-15)20(27)16-7-3-8-17(21)18(16)22/h3,7-9,13,15H,4-6,10-12,14H2,1-2H3/t15-/m1/s1. The predicted molar refractivity (Wildman–Crippen MR) is 99.6 cm³/mol. The maximum absolute atomic E-state index is 14.0. The third-order valence-corrected chi connectivity index (χ3v) is 5.01. The Kier molecular flexibility index (Phi) is 6.21. The highest BCUT2D eigenvalue weighted by Crippen LogP contribution is 2.27. The molecule has 7 heteroatoms. The molecule has 0 spiro atoms. The van der Waals surface area contributed by atoms with E-state index in [1.807, 2.05) is 20.3 Å². The highest BCUT2D eigenvalue weighted by Gasteiger charge is 2.29. The predicted octanol–water partition coefficient (Wildman–Crippen LogP) is 3.13. The molecule has 27 heavy (non-hydrogen) atoms. The van der Waals surface area contributed by atoms with Gasteiger partial charge in [-0.05, 0) is 52.0 Å². The van der Waals surface area contributed by atoms with Gasteiger partial charge < -0.3 is 14.4 Å². The van der Waals surface area contributed by atoms with Crippen LogP contribution >= 0.6 is 0 Å². The van der Waals surface area contributed by atoms with Crippen LogP contribution < -0.4 is 0 Å². The van der Waals surface area contributed by atoms with Gasteiger partial charge in [-0.1, -0.05) is 6.07 Å². The molecule has 0 bridgehead atoms. The largest absolute Gasteiger partial charge is 0.338 e. The fourth-order valence-electron chi connectivity index (χ4n) is 3.64. The highest BCUT2D eigenvalue weighted by molar-refractivity contribution is 5.94. The van der Waals surface area contributed by atoms with E-state index in [9.17, 15) is 13.6 Å². The first-order valence-electron chi connectivity index (χ1n) is 9.36. The number of hydrogen-bond acceptors (Lipinski definition) is 3. The molecule has 146 valence electrons. The van der Waals surface area contributed by atoms with E-state index in [2.05, 4.69) is 14.5 Å². The van der Waals surface area contributed by atoms with Gasteiger partial charge in [0, 0.05) is 37.9 Å². The fourth-order valence-corrected chi connectivity index (χ4v) is 3.64. The second kappa shape index (κ2) is 8.61. The Morgan fingerprint density at radius 3 is 2.93 bits per heavy atom. The normalized spacial score (nSPS) is 17.5. The van der Waals surface area contributed by atoms with Gasteiger partial charge >= 0.3 is 0 Å². The summed E-state index contributed by atoms with van der Waals surface area (Å²) in [5.41, 5.74) is -0.204. The first-order valence-corrected chi connectivity index (χ1v) is 9.36. The number of aromatic nitrogens is 2. The molecule has 1 aromatic heterocycles.